The zero-order valence-electron chi connectivity index (χ0n) is 10.0. The van der Waals surface area contributed by atoms with Crippen molar-refractivity contribution in [1.82, 2.24) is 0 Å². The van der Waals surface area contributed by atoms with Gasteiger partial charge in [-0.15, -0.1) is 0 Å². The summed E-state index contributed by atoms with van der Waals surface area (Å²) in [4.78, 5) is 4.10. The second-order valence-corrected chi connectivity index (χ2v) is 4.86. The van der Waals surface area contributed by atoms with Crippen molar-refractivity contribution in [3.05, 3.63) is 76.3 Å². The van der Waals surface area contributed by atoms with E-state index in [4.69, 9.17) is 0 Å². The molecule has 0 amide bonds. The fourth-order valence-electron chi connectivity index (χ4n) is 1.72. The third-order valence-electron chi connectivity index (χ3n) is 2.68. The molecule has 2 rings (SSSR count). The first-order chi connectivity index (χ1) is 8.79. The van der Waals surface area contributed by atoms with E-state index < -0.39 is 0 Å². The van der Waals surface area contributed by atoms with E-state index in [0.717, 1.165) is 22.2 Å². The molecule has 2 heteroatoms. The van der Waals surface area contributed by atoms with Crippen LogP contribution in [0.5, 0.6) is 0 Å². The summed E-state index contributed by atoms with van der Waals surface area (Å²) in [5.74, 6) is 0. The van der Waals surface area contributed by atoms with Crippen molar-refractivity contribution < 1.29 is 0 Å². The van der Waals surface area contributed by atoms with Gasteiger partial charge >= 0.3 is 0 Å². The minimum Gasteiger partial charge on any atom is -0.264 e. The van der Waals surface area contributed by atoms with Crippen molar-refractivity contribution in [3.8, 4) is 0 Å². The number of aliphatic imine (C=N–C) groups is 1. The summed E-state index contributed by atoms with van der Waals surface area (Å²) in [6, 6.07) is 18.4. The van der Waals surface area contributed by atoms with Crippen molar-refractivity contribution in [2.75, 3.05) is 0 Å². The minimum absolute atomic E-state index is 0.866. The Hall–Kier alpha value is -1.67. The van der Waals surface area contributed by atoms with E-state index in [1.807, 2.05) is 42.5 Å². The zero-order valence-corrected chi connectivity index (χ0v) is 11.6. The Kier molecular flexibility index (Phi) is 4.48. The molecule has 1 nitrogen and oxygen atoms in total. The Morgan fingerprint density at radius 2 is 1.72 bits per heavy atom. The molecule has 90 valence electrons. The molecule has 0 N–H and O–H groups in total. The van der Waals surface area contributed by atoms with Crippen LogP contribution in [0.15, 0.2) is 70.1 Å². The van der Waals surface area contributed by atoms with Crippen LogP contribution >= 0.6 is 15.9 Å². The van der Waals surface area contributed by atoms with Gasteiger partial charge in [0.1, 0.15) is 0 Å². The van der Waals surface area contributed by atoms with Gasteiger partial charge in [0, 0.05) is 4.47 Å². The van der Waals surface area contributed by atoms with Crippen molar-refractivity contribution in [2.24, 2.45) is 4.99 Å². The second-order valence-electron chi connectivity index (χ2n) is 3.94. The third-order valence-corrected chi connectivity index (χ3v) is 3.21. The summed E-state index contributed by atoms with van der Waals surface area (Å²) in [6.07, 6.45) is 2.97. The normalized spacial score (nSPS) is 11.3. The van der Waals surface area contributed by atoms with Gasteiger partial charge < -0.3 is 0 Å². The lowest BCUT2D eigenvalue weighted by atomic mass is 10.1. The maximum Gasteiger partial charge on any atom is 0.0658 e. The maximum atomic E-state index is 4.10. The molecule has 0 atom stereocenters. The Labute approximate surface area is 116 Å². The predicted molar refractivity (Wildman–Crippen MR) is 81.8 cm³/mol. The molecule has 18 heavy (non-hydrogen) atoms. The summed E-state index contributed by atoms with van der Waals surface area (Å²) in [6.45, 7) is 3.64. The van der Waals surface area contributed by atoms with Gasteiger partial charge in [0.15, 0.2) is 0 Å². The molecule has 0 heterocycles. The van der Waals surface area contributed by atoms with Gasteiger partial charge in [-0.05, 0) is 36.4 Å². The lowest BCUT2D eigenvalue weighted by Gasteiger charge is -2.02. The van der Waals surface area contributed by atoms with E-state index in [-0.39, 0.29) is 0 Å². The molecule has 0 aliphatic carbocycles. The van der Waals surface area contributed by atoms with Gasteiger partial charge in [-0.25, -0.2) is 0 Å². The summed E-state index contributed by atoms with van der Waals surface area (Å²) >= 11 is 3.43. The Balaban J connectivity index is 2.18. The minimum atomic E-state index is 0.866. The topological polar surface area (TPSA) is 12.4 Å². The highest BCUT2D eigenvalue weighted by molar-refractivity contribution is 9.10. The number of benzene rings is 2. The lowest BCUT2D eigenvalue weighted by molar-refractivity contribution is 1.26. The van der Waals surface area contributed by atoms with E-state index in [1.54, 1.807) is 0 Å². The molecule has 0 radical (unpaired) electrons. The molecule has 0 saturated carbocycles. The predicted octanol–water partition coefficient (Wildman–Crippen LogP) is 4.73. The van der Waals surface area contributed by atoms with E-state index in [9.17, 15) is 0 Å². The molecule has 0 fully saturated rings. The average molecular weight is 300 g/mol. The SMILES string of the molecule is C=N/C(=C\Cc1ccccc1)c1ccc(Br)cc1. The molecule has 0 saturated heterocycles. The van der Waals surface area contributed by atoms with Crippen LogP contribution in [0.1, 0.15) is 11.1 Å². The molecular formula is C16H14BrN. The van der Waals surface area contributed by atoms with Crippen molar-refractivity contribution in [3.63, 3.8) is 0 Å². The van der Waals surface area contributed by atoms with Crippen LogP contribution < -0.4 is 0 Å². The molecule has 0 aliphatic heterocycles. The van der Waals surface area contributed by atoms with E-state index in [1.165, 1.54) is 5.56 Å². The summed E-state index contributed by atoms with van der Waals surface area (Å²) in [5, 5.41) is 0. The number of nitrogens with zero attached hydrogens (tertiary/aromatic N) is 1. The van der Waals surface area contributed by atoms with Crippen LogP contribution in [0.2, 0.25) is 0 Å². The fraction of sp³-hybridized carbons (Fsp3) is 0.0625. The highest BCUT2D eigenvalue weighted by atomic mass is 79.9. The second kappa shape index (κ2) is 6.31. The molecule has 2 aromatic carbocycles. The molecule has 2 aromatic rings. The molecule has 0 unspecified atom stereocenters. The first-order valence-electron chi connectivity index (χ1n) is 5.76. The largest absolute Gasteiger partial charge is 0.264 e. The molecular weight excluding hydrogens is 286 g/mol. The Morgan fingerprint density at radius 1 is 1.06 bits per heavy atom. The zero-order chi connectivity index (χ0) is 12.8. The van der Waals surface area contributed by atoms with Crippen LogP contribution in [-0.4, -0.2) is 6.72 Å². The molecule has 0 spiro atoms. The smallest absolute Gasteiger partial charge is 0.0658 e. The summed E-state index contributed by atoms with van der Waals surface area (Å²) < 4.78 is 1.07. The van der Waals surface area contributed by atoms with Gasteiger partial charge in [0.05, 0.1) is 5.70 Å². The summed E-state index contributed by atoms with van der Waals surface area (Å²) in [7, 11) is 0. The van der Waals surface area contributed by atoms with Crippen molar-refractivity contribution in [2.45, 2.75) is 6.42 Å². The Bertz CT molecular complexity index is 541. The standard InChI is InChI=1S/C16H14BrN/c1-18-16(14-8-10-15(17)11-9-14)12-7-13-5-3-2-4-6-13/h2-6,8-12H,1,7H2/b16-12-. The van der Waals surface area contributed by atoms with Crippen molar-refractivity contribution >= 4 is 28.3 Å². The maximum absolute atomic E-state index is 4.10. The van der Waals surface area contributed by atoms with Gasteiger partial charge in [0.2, 0.25) is 0 Å². The van der Waals surface area contributed by atoms with Gasteiger partial charge in [-0.1, -0.05) is 64.5 Å². The van der Waals surface area contributed by atoms with Gasteiger partial charge in [0.25, 0.3) is 0 Å². The highest BCUT2D eigenvalue weighted by Gasteiger charge is 1.98. The van der Waals surface area contributed by atoms with E-state index in [0.29, 0.717) is 0 Å². The molecule has 0 bridgehead atoms. The van der Waals surface area contributed by atoms with Gasteiger partial charge in [-0.3, -0.25) is 4.99 Å². The molecule has 0 aromatic heterocycles. The Morgan fingerprint density at radius 3 is 2.33 bits per heavy atom. The quantitative estimate of drug-likeness (QED) is 0.724. The third kappa shape index (κ3) is 3.41. The number of hydrogen-bond acceptors (Lipinski definition) is 1. The average Bonchev–Trinajstić information content (AvgIpc) is 2.42. The summed E-state index contributed by atoms with van der Waals surface area (Å²) in [5.41, 5.74) is 3.28. The highest BCUT2D eigenvalue weighted by Crippen LogP contribution is 2.19. The first kappa shape index (κ1) is 12.8. The van der Waals surface area contributed by atoms with Crippen molar-refractivity contribution in [1.29, 1.82) is 0 Å². The number of halogens is 1. The van der Waals surface area contributed by atoms with Crippen LogP contribution in [0, 0.1) is 0 Å². The van der Waals surface area contributed by atoms with E-state index in [2.05, 4.69) is 45.8 Å². The number of hydrogen-bond donors (Lipinski definition) is 0. The molecule has 0 aliphatic rings. The van der Waals surface area contributed by atoms with Crippen LogP contribution in [-0.2, 0) is 6.42 Å². The van der Waals surface area contributed by atoms with Gasteiger partial charge in [-0.2, -0.15) is 0 Å². The number of rotatable bonds is 4. The monoisotopic (exact) mass is 299 g/mol. The van der Waals surface area contributed by atoms with E-state index >= 15 is 0 Å². The van der Waals surface area contributed by atoms with Crippen LogP contribution in [0.4, 0.5) is 0 Å². The number of allylic oxidation sites excluding steroid dienone is 1. The van der Waals surface area contributed by atoms with Crippen LogP contribution in [0.25, 0.3) is 5.70 Å². The first-order valence-corrected chi connectivity index (χ1v) is 6.55. The lowest BCUT2D eigenvalue weighted by Crippen LogP contribution is -1.84. The van der Waals surface area contributed by atoms with Crippen LogP contribution in [0.3, 0.4) is 0 Å². The fourth-order valence-corrected chi connectivity index (χ4v) is 1.99.